The predicted molar refractivity (Wildman–Crippen MR) is 106 cm³/mol. The summed E-state index contributed by atoms with van der Waals surface area (Å²) in [5.41, 5.74) is 1.83. The molecule has 1 fully saturated rings. The number of sulfonamides is 1. The van der Waals surface area contributed by atoms with E-state index in [2.05, 4.69) is 19.6 Å². The van der Waals surface area contributed by atoms with Crippen molar-refractivity contribution in [3.63, 3.8) is 0 Å². The molecule has 4 rings (SSSR count). The van der Waals surface area contributed by atoms with Gasteiger partial charge in [0, 0.05) is 18.5 Å². The fourth-order valence-corrected chi connectivity index (χ4v) is 4.46. The Hall–Kier alpha value is -2.58. The van der Waals surface area contributed by atoms with E-state index < -0.39 is 15.8 Å². The van der Waals surface area contributed by atoms with E-state index in [1.54, 1.807) is 0 Å². The van der Waals surface area contributed by atoms with Crippen LogP contribution in [0.4, 0.5) is 10.2 Å². The molecular formula is C20H21FN4O2S. The topological polar surface area (TPSA) is 75.2 Å². The normalized spacial score (nSPS) is 14.7. The van der Waals surface area contributed by atoms with E-state index >= 15 is 0 Å². The molecule has 0 aliphatic carbocycles. The van der Waals surface area contributed by atoms with E-state index in [9.17, 15) is 12.8 Å². The molecule has 0 unspecified atom stereocenters. The van der Waals surface area contributed by atoms with Crippen molar-refractivity contribution in [3.8, 4) is 0 Å². The number of fused-ring (bicyclic) bond motifs is 1. The molecule has 0 bridgehead atoms. The second-order valence-corrected chi connectivity index (χ2v) is 8.68. The molecule has 28 heavy (non-hydrogen) atoms. The number of para-hydroxylation sites is 1. The van der Waals surface area contributed by atoms with Gasteiger partial charge in [0.05, 0.1) is 17.0 Å². The molecule has 8 heteroatoms. The van der Waals surface area contributed by atoms with Gasteiger partial charge in [-0.1, -0.05) is 18.2 Å². The summed E-state index contributed by atoms with van der Waals surface area (Å²) >= 11 is 0. The van der Waals surface area contributed by atoms with E-state index in [1.165, 1.54) is 18.2 Å². The summed E-state index contributed by atoms with van der Waals surface area (Å²) in [6, 6.07) is 10.9. The van der Waals surface area contributed by atoms with Crippen LogP contribution in [-0.2, 0) is 16.6 Å². The van der Waals surface area contributed by atoms with Gasteiger partial charge in [-0.15, -0.1) is 0 Å². The first kappa shape index (κ1) is 18.8. The zero-order valence-corrected chi connectivity index (χ0v) is 16.3. The second kappa shape index (κ2) is 7.44. The molecule has 6 nitrogen and oxygen atoms in total. The van der Waals surface area contributed by atoms with Gasteiger partial charge in [0.1, 0.15) is 17.5 Å². The van der Waals surface area contributed by atoms with E-state index in [-0.39, 0.29) is 11.4 Å². The number of hydrogen-bond acceptors (Lipinski definition) is 5. The summed E-state index contributed by atoms with van der Waals surface area (Å²) in [5, 5.41) is 0.971. The van der Waals surface area contributed by atoms with Crippen LogP contribution in [-0.4, -0.2) is 31.5 Å². The van der Waals surface area contributed by atoms with Crippen LogP contribution in [0.3, 0.4) is 0 Å². The minimum Gasteiger partial charge on any atom is -0.356 e. The summed E-state index contributed by atoms with van der Waals surface area (Å²) in [6.07, 6.45) is 2.22. The zero-order valence-electron chi connectivity index (χ0n) is 15.5. The van der Waals surface area contributed by atoms with Crippen LogP contribution >= 0.6 is 0 Å². The lowest BCUT2D eigenvalue weighted by atomic mass is 10.1. The highest BCUT2D eigenvalue weighted by molar-refractivity contribution is 7.89. The van der Waals surface area contributed by atoms with Crippen molar-refractivity contribution in [2.45, 2.75) is 31.2 Å². The smallest absolute Gasteiger partial charge is 0.241 e. The maximum absolute atomic E-state index is 13.4. The number of halogens is 1. The Kier molecular flexibility index (Phi) is 4.99. The highest BCUT2D eigenvalue weighted by Gasteiger charge is 2.20. The first-order chi connectivity index (χ1) is 13.4. The lowest BCUT2D eigenvalue weighted by Crippen LogP contribution is -2.26. The Bertz CT molecular complexity index is 1130. The highest BCUT2D eigenvalue weighted by atomic mass is 32.2. The molecule has 1 N–H and O–H groups in total. The number of hydrogen-bond donors (Lipinski definition) is 1. The molecule has 0 radical (unpaired) electrons. The number of nitrogens with zero attached hydrogens (tertiary/aromatic N) is 3. The molecule has 0 atom stereocenters. The standard InChI is InChI=1S/C20H21FN4O2S/c1-14-6-4-9-17-19(14)23-18(24-20(17)25-10-2-3-11-25)13-22-28(26,27)16-8-5-7-15(21)12-16/h4-9,12,22H,2-3,10-11,13H2,1H3. The van der Waals surface area contributed by atoms with Crippen LogP contribution < -0.4 is 9.62 Å². The van der Waals surface area contributed by atoms with Crippen LogP contribution in [0.25, 0.3) is 10.9 Å². The van der Waals surface area contributed by atoms with Gasteiger partial charge in [0.2, 0.25) is 10.0 Å². The number of benzene rings is 2. The van der Waals surface area contributed by atoms with Crippen LogP contribution in [0, 0.1) is 12.7 Å². The summed E-state index contributed by atoms with van der Waals surface area (Å²) in [7, 11) is -3.86. The SMILES string of the molecule is Cc1cccc2c(N3CCCC3)nc(CNS(=O)(=O)c3cccc(F)c3)nc12. The minimum absolute atomic E-state index is 0.0655. The fourth-order valence-electron chi connectivity index (χ4n) is 3.45. The third-order valence-electron chi connectivity index (χ3n) is 4.89. The summed E-state index contributed by atoms with van der Waals surface area (Å²) in [5.74, 6) is 0.631. The highest BCUT2D eigenvalue weighted by Crippen LogP contribution is 2.28. The summed E-state index contributed by atoms with van der Waals surface area (Å²) in [6.45, 7) is 3.76. The van der Waals surface area contributed by atoms with E-state index in [0.717, 1.165) is 54.3 Å². The first-order valence-electron chi connectivity index (χ1n) is 9.20. The van der Waals surface area contributed by atoms with Crippen LogP contribution in [0.15, 0.2) is 47.4 Å². The first-order valence-corrected chi connectivity index (χ1v) is 10.7. The lowest BCUT2D eigenvalue weighted by Gasteiger charge is -2.20. The Balaban J connectivity index is 1.68. The Morgan fingerprint density at radius 3 is 2.61 bits per heavy atom. The number of rotatable bonds is 5. The lowest BCUT2D eigenvalue weighted by molar-refractivity contribution is 0.575. The number of anilines is 1. The van der Waals surface area contributed by atoms with E-state index in [4.69, 9.17) is 0 Å². The Morgan fingerprint density at radius 2 is 1.86 bits per heavy atom. The van der Waals surface area contributed by atoms with Gasteiger partial charge < -0.3 is 4.90 Å². The molecule has 1 aliphatic rings. The van der Waals surface area contributed by atoms with Crippen molar-refractivity contribution in [1.29, 1.82) is 0 Å². The van der Waals surface area contributed by atoms with E-state index in [0.29, 0.717) is 5.82 Å². The average molecular weight is 400 g/mol. The largest absolute Gasteiger partial charge is 0.356 e. The molecule has 0 spiro atoms. The van der Waals surface area contributed by atoms with Gasteiger partial charge in [-0.2, -0.15) is 0 Å². The maximum atomic E-state index is 13.4. The molecule has 3 aromatic rings. The van der Waals surface area contributed by atoms with Crippen LogP contribution in [0.1, 0.15) is 24.2 Å². The predicted octanol–water partition coefficient (Wildman–Crippen LogP) is 3.16. The Morgan fingerprint density at radius 1 is 1.11 bits per heavy atom. The van der Waals surface area contributed by atoms with Gasteiger partial charge in [-0.3, -0.25) is 0 Å². The van der Waals surface area contributed by atoms with Gasteiger partial charge in [-0.05, 0) is 49.6 Å². The van der Waals surface area contributed by atoms with Crippen molar-refractivity contribution in [2.75, 3.05) is 18.0 Å². The maximum Gasteiger partial charge on any atom is 0.241 e. The van der Waals surface area contributed by atoms with Gasteiger partial charge in [0.25, 0.3) is 0 Å². The third kappa shape index (κ3) is 3.70. The second-order valence-electron chi connectivity index (χ2n) is 6.91. The van der Waals surface area contributed by atoms with Gasteiger partial charge in [-0.25, -0.2) is 27.5 Å². The molecule has 2 aromatic carbocycles. The van der Waals surface area contributed by atoms with Crippen LogP contribution in [0.5, 0.6) is 0 Å². The summed E-state index contributed by atoms with van der Waals surface area (Å²) in [4.78, 5) is 11.3. The van der Waals surface area contributed by atoms with Crippen molar-refractivity contribution >= 4 is 26.7 Å². The van der Waals surface area contributed by atoms with Crippen LogP contribution in [0.2, 0.25) is 0 Å². The molecular weight excluding hydrogens is 379 g/mol. The van der Waals surface area contributed by atoms with Gasteiger partial charge in [0.15, 0.2) is 0 Å². The molecule has 2 heterocycles. The monoisotopic (exact) mass is 400 g/mol. The number of aryl methyl sites for hydroxylation is 1. The molecule has 146 valence electrons. The van der Waals surface area contributed by atoms with Gasteiger partial charge >= 0.3 is 0 Å². The average Bonchev–Trinajstić information content (AvgIpc) is 3.21. The quantitative estimate of drug-likeness (QED) is 0.712. The molecule has 0 saturated carbocycles. The van der Waals surface area contributed by atoms with E-state index in [1.807, 2.05) is 25.1 Å². The minimum atomic E-state index is -3.86. The fraction of sp³-hybridized carbons (Fsp3) is 0.300. The molecule has 0 amide bonds. The summed E-state index contributed by atoms with van der Waals surface area (Å²) < 4.78 is 40.8. The Labute approximate surface area is 163 Å². The van der Waals surface area contributed by atoms with Crippen molar-refractivity contribution in [3.05, 3.63) is 59.7 Å². The number of nitrogens with one attached hydrogen (secondary N) is 1. The number of aromatic nitrogens is 2. The molecule has 1 aromatic heterocycles. The zero-order chi connectivity index (χ0) is 19.7. The third-order valence-corrected chi connectivity index (χ3v) is 6.29. The molecule has 1 aliphatic heterocycles. The van der Waals surface area contributed by atoms with Crippen molar-refractivity contribution in [2.24, 2.45) is 0 Å². The molecule has 1 saturated heterocycles. The van der Waals surface area contributed by atoms with Crippen molar-refractivity contribution < 1.29 is 12.8 Å². The van der Waals surface area contributed by atoms with Crippen molar-refractivity contribution in [1.82, 2.24) is 14.7 Å².